The van der Waals surface area contributed by atoms with E-state index in [-0.39, 0.29) is 4.90 Å². The summed E-state index contributed by atoms with van der Waals surface area (Å²) in [5.74, 6) is 0.0957. The zero-order valence-electron chi connectivity index (χ0n) is 12.2. The lowest BCUT2D eigenvalue weighted by Crippen LogP contribution is -2.13. The lowest BCUT2D eigenvalue weighted by molar-refractivity contribution is 0.420. The molecule has 23 heavy (non-hydrogen) atoms. The summed E-state index contributed by atoms with van der Waals surface area (Å²) in [6.07, 6.45) is 1.57. The summed E-state index contributed by atoms with van der Waals surface area (Å²) < 4.78 is 45.5. The van der Waals surface area contributed by atoms with Crippen LogP contribution >= 0.6 is 0 Å². The molecule has 5 nitrogen and oxygen atoms in total. The van der Waals surface area contributed by atoms with E-state index in [1.807, 2.05) is 0 Å². The third-order valence-electron chi connectivity index (χ3n) is 3.32. The number of nitrogens with zero attached hydrogens (tertiary/aromatic N) is 1. The third kappa shape index (κ3) is 2.95. The van der Waals surface area contributed by atoms with Gasteiger partial charge >= 0.3 is 0 Å². The summed E-state index contributed by atoms with van der Waals surface area (Å²) in [4.78, 5) is 4.19. The lowest BCUT2D eigenvalue weighted by atomic mass is 10.2. The number of anilines is 1. The van der Waals surface area contributed by atoms with Gasteiger partial charge in [-0.2, -0.15) is 0 Å². The summed E-state index contributed by atoms with van der Waals surface area (Å²) in [6, 6.07) is 11.4. The van der Waals surface area contributed by atoms with Crippen molar-refractivity contribution in [1.82, 2.24) is 4.98 Å². The van der Waals surface area contributed by atoms with Crippen molar-refractivity contribution in [3.8, 4) is 5.75 Å². The van der Waals surface area contributed by atoms with Gasteiger partial charge < -0.3 is 4.74 Å². The molecular weight excluding hydrogens is 319 g/mol. The van der Waals surface area contributed by atoms with Crippen LogP contribution in [0.15, 0.2) is 59.6 Å². The first-order valence-electron chi connectivity index (χ1n) is 6.71. The van der Waals surface area contributed by atoms with Crippen LogP contribution in [0.3, 0.4) is 0 Å². The molecule has 0 unspecified atom stereocenters. The number of ether oxygens (including phenoxy) is 1. The average Bonchev–Trinajstić information content (AvgIpc) is 2.55. The van der Waals surface area contributed by atoms with Crippen LogP contribution in [0.25, 0.3) is 10.9 Å². The monoisotopic (exact) mass is 332 g/mol. The number of hydrogen-bond donors (Lipinski definition) is 1. The molecule has 0 aliphatic heterocycles. The maximum absolute atomic E-state index is 13.0. The molecule has 0 aliphatic rings. The van der Waals surface area contributed by atoms with Gasteiger partial charge in [0.15, 0.2) is 0 Å². The lowest BCUT2D eigenvalue weighted by Gasteiger charge is -2.12. The zero-order valence-corrected chi connectivity index (χ0v) is 13.0. The minimum atomic E-state index is -3.84. The SMILES string of the molecule is COc1ccc(NS(=O)(=O)c2ccc(F)cc2)c2ncccc12. The van der Waals surface area contributed by atoms with Gasteiger partial charge in [0.25, 0.3) is 10.0 Å². The highest BCUT2D eigenvalue weighted by Crippen LogP contribution is 2.31. The van der Waals surface area contributed by atoms with E-state index in [2.05, 4.69) is 9.71 Å². The number of aromatic nitrogens is 1. The highest BCUT2D eigenvalue weighted by molar-refractivity contribution is 7.92. The van der Waals surface area contributed by atoms with Crippen molar-refractivity contribution in [2.45, 2.75) is 4.90 Å². The quantitative estimate of drug-likeness (QED) is 0.797. The fourth-order valence-corrected chi connectivity index (χ4v) is 3.29. The molecular formula is C16H13FN2O3S. The zero-order chi connectivity index (χ0) is 16.4. The van der Waals surface area contributed by atoms with Crippen molar-refractivity contribution in [1.29, 1.82) is 0 Å². The predicted octanol–water partition coefficient (Wildman–Crippen LogP) is 3.18. The van der Waals surface area contributed by atoms with Gasteiger partial charge in [-0.15, -0.1) is 0 Å². The molecule has 7 heteroatoms. The van der Waals surface area contributed by atoms with Crippen LogP contribution in [-0.4, -0.2) is 20.5 Å². The summed E-state index contributed by atoms with van der Waals surface area (Å²) in [5, 5.41) is 0.689. The molecule has 2 aromatic carbocycles. The summed E-state index contributed by atoms with van der Waals surface area (Å²) in [7, 11) is -2.31. The van der Waals surface area contributed by atoms with Crippen LogP contribution in [0.2, 0.25) is 0 Å². The molecule has 0 fully saturated rings. The highest BCUT2D eigenvalue weighted by Gasteiger charge is 2.17. The number of rotatable bonds is 4. The van der Waals surface area contributed by atoms with E-state index in [4.69, 9.17) is 4.74 Å². The summed E-state index contributed by atoms with van der Waals surface area (Å²) in [5.41, 5.74) is 0.795. The van der Waals surface area contributed by atoms with Crippen molar-refractivity contribution >= 4 is 26.6 Å². The molecule has 0 spiro atoms. The molecule has 0 saturated carbocycles. The van der Waals surface area contributed by atoms with Crippen molar-refractivity contribution in [3.63, 3.8) is 0 Å². The van der Waals surface area contributed by atoms with Crippen molar-refractivity contribution < 1.29 is 17.5 Å². The normalized spacial score (nSPS) is 11.4. The molecule has 1 heterocycles. The number of nitrogens with one attached hydrogen (secondary N) is 1. The Morgan fingerprint density at radius 1 is 1.09 bits per heavy atom. The standard InChI is InChI=1S/C16H13FN2O3S/c1-22-15-9-8-14(16-13(15)3-2-10-18-16)19-23(20,21)12-6-4-11(17)5-7-12/h2-10,19H,1H3. The topological polar surface area (TPSA) is 68.3 Å². The van der Waals surface area contributed by atoms with E-state index in [1.165, 1.54) is 19.2 Å². The predicted molar refractivity (Wildman–Crippen MR) is 85.5 cm³/mol. The van der Waals surface area contributed by atoms with Gasteiger partial charge in [-0.25, -0.2) is 12.8 Å². The molecule has 0 atom stereocenters. The Morgan fingerprint density at radius 3 is 2.52 bits per heavy atom. The van der Waals surface area contributed by atoms with Crippen molar-refractivity contribution in [3.05, 3.63) is 60.5 Å². The number of benzene rings is 2. The van der Waals surface area contributed by atoms with Crippen molar-refractivity contribution in [2.75, 3.05) is 11.8 Å². The minimum Gasteiger partial charge on any atom is -0.496 e. The Hall–Kier alpha value is -2.67. The maximum atomic E-state index is 13.0. The molecule has 3 aromatic rings. The number of halogens is 1. The van der Waals surface area contributed by atoms with E-state index >= 15 is 0 Å². The van der Waals surface area contributed by atoms with Crippen molar-refractivity contribution in [2.24, 2.45) is 0 Å². The number of hydrogen-bond acceptors (Lipinski definition) is 4. The Bertz CT molecular complexity index is 957. The average molecular weight is 332 g/mol. The van der Waals surface area contributed by atoms with Gasteiger partial charge in [0.1, 0.15) is 11.6 Å². The van der Waals surface area contributed by atoms with E-state index in [0.717, 1.165) is 12.1 Å². The van der Waals surface area contributed by atoms with Crippen LogP contribution in [-0.2, 0) is 10.0 Å². The molecule has 0 radical (unpaired) electrons. The molecule has 0 bridgehead atoms. The Balaban J connectivity index is 2.06. The molecule has 1 aromatic heterocycles. The second-order valence-corrected chi connectivity index (χ2v) is 6.46. The third-order valence-corrected chi connectivity index (χ3v) is 4.70. The largest absolute Gasteiger partial charge is 0.496 e. The van der Waals surface area contributed by atoms with Gasteiger partial charge in [-0.1, -0.05) is 0 Å². The summed E-state index contributed by atoms with van der Waals surface area (Å²) >= 11 is 0. The fourth-order valence-electron chi connectivity index (χ4n) is 2.22. The van der Waals surface area contributed by atoms with Crippen LogP contribution in [0.1, 0.15) is 0 Å². The smallest absolute Gasteiger partial charge is 0.261 e. The minimum absolute atomic E-state index is 0.0289. The molecule has 0 saturated heterocycles. The van der Waals surface area contributed by atoms with Crippen LogP contribution < -0.4 is 9.46 Å². The number of pyridine rings is 1. The van der Waals surface area contributed by atoms with E-state index in [1.54, 1.807) is 30.5 Å². The van der Waals surface area contributed by atoms with Gasteiger partial charge in [0, 0.05) is 11.6 Å². The fraction of sp³-hybridized carbons (Fsp3) is 0.0625. The second kappa shape index (κ2) is 5.85. The molecule has 0 amide bonds. The maximum Gasteiger partial charge on any atom is 0.261 e. The van der Waals surface area contributed by atoms with Gasteiger partial charge in [-0.3, -0.25) is 9.71 Å². The number of sulfonamides is 1. The molecule has 3 rings (SSSR count). The van der Waals surface area contributed by atoms with Crippen LogP contribution in [0.5, 0.6) is 5.75 Å². The van der Waals surface area contributed by atoms with Gasteiger partial charge in [-0.05, 0) is 48.5 Å². The van der Waals surface area contributed by atoms with E-state index in [9.17, 15) is 12.8 Å². The summed E-state index contributed by atoms with van der Waals surface area (Å²) in [6.45, 7) is 0. The van der Waals surface area contributed by atoms with Crippen LogP contribution in [0, 0.1) is 5.82 Å². The Morgan fingerprint density at radius 2 is 1.83 bits per heavy atom. The molecule has 118 valence electrons. The Kier molecular flexibility index (Phi) is 3.87. The van der Waals surface area contributed by atoms with E-state index in [0.29, 0.717) is 22.3 Å². The first kappa shape index (κ1) is 15.2. The number of methoxy groups -OCH3 is 1. The first-order valence-corrected chi connectivity index (χ1v) is 8.20. The molecule has 0 aliphatic carbocycles. The highest BCUT2D eigenvalue weighted by atomic mass is 32.2. The Labute approximate surface area is 132 Å². The van der Waals surface area contributed by atoms with Gasteiger partial charge in [0.2, 0.25) is 0 Å². The second-order valence-electron chi connectivity index (χ2n) is 4.77. The van der Waals surface area contributed by atoms with E-state index < -0.39 is 15.8 Å². The first-order chi connectivity index (χ1) is 11.0. The number of fused-ring (bicyclic) bond motifs is 1. The van der Waals surface area contributed by atoms with Crippen LogP contribution in [0.4, 0.5) is 10.1 Å². The molecule has 1 N–H and O–H groups in total. The van der Waals surface area contributed by atoms with Gasteiger partial charge in [0.05, 0.1) is 23.2 Å².